The normalized spacial score (nSPS) is 10.6. The van der Waals surface area contributed by atoms with Crippen LogP contribution >= 0.6 is 27.3 Å². The fourth-order valence-electron chi connectivity index (χ4n) is 1.62. The van der Waals surface area contributed by atoms with E-state index in [1.807, 2.05) is 0 Å². The van der Waals surface area contributed by atoms with Gasteiger partial charge in [-0.15, -0.1) is 10.2 Å². The van der Waals surface area contributed by atoms with E-state index in [9.17, 15) is 0 Å². The molecule has 0 radical (unpaired) electrons. The minimum atomic E-state index is 0.563. The van der Waals surface area contributed by atoms with Crippen molar-refractivity contribution in [3.63, 3.8) is 0 Å². The fraction of sp³-hybridized carbons (Fsp3) is 0.333. The number of anilines is 1. The first-order valence-corrected chi connectivity index (χ1v) is 7.17. The first-order valence-electron chi connectivity index (χ1n) is 5.56. The van der Waals surface area contributed by atoms with Crippen molar-refractivity contribution in [3.05, 3.63) is 39.3 Å². The zero-order valence-corrected chi connectivity index (χ0v) is 11.8. The molecule has 0 aliphatic rings. The summed E-state index contributed by atoms with van der Waals surface area (Å²) in [7, 11) is 0. The van der Waals surface area contributed by atoms with Gasteiger partial charge in [0.15, 0.2) is 0 Å². The highest BCUT2D eigenvalue weighted by atomic mass is 79.9. The Morgan fingerprint density at radius 3 is 2.41 bits per heavy atom. The van der Waals surface area contributed by atoms with Crippen molar-refractivity contribution in [3.8, 4) is 0 Å². The number of benzene rings is 1. The summed E-state index contributed by atoms with van der Waals surface area (Å²) in [6, 6.07) is 8.49. The number of hydrogen-bond acceptors (Lipinski definition) is 4. The highest BCUT2D eigenvalue weighted by molar-refractivity contribution is 9.10. The first kappa shape index (κ1) is 12.5. The summed E-state index contributed by atoms with van der Waals surface area (Å²) < 4.78 is 1.13. The van der Waals surface area contributed by atoms with Crippen LogP contribution in [0, 0.1) is 0 Å². The second kappa shape index (κ2) is 6.12. The van der Waals surface area contributed by atoms with Crippen molar-refractivity contribution >= 4 is 32.4 Å². The van der Waals surface area contributed by atoms with Gasteiger partial charge >= 0.3 is 0 Å². The summed E-state index contributed by atoms with van der Waals surface area (Å²) in [6.45, 7) is 0. The minimum absolute atomic E-state index is 0.563. The largest absolute Gasteiger partial charge is 0.374 e. The second-order valence-corrected chi connectivity index (χ2v) is 5.88. The molecular weight excluding hydrogens is 298 g/mol. The summed E-state index contributed by atoms with van der Waals surface area (Å²) in [5.74, 6) is 0. The van der Waals surface area contributed by atoms with Gasteiger partial charge in [0.2, 0.25) is 5.13 Å². The van der Waals surface area contributed by atoms with Crippen molar-refractivity contribution in [2.24, 2.45) is 0 Å². The van der Waals surface area contributed by atoms with Crippen LogP contribution in [0.4, 0.5) is 5.13 Å². The summed E-state index contributed by atoms with van der Waals surface area (Å²) in [5.41, 5.74) is 6.91. The van der Waals surface area contributed by atoms with Gasteiger partial charge in [-0.2, -0.15) is 0 Å². The molecule has 17 heavy (non-hydrogen) atoms. The van der Waals surface area contributed by atoms with Gasteiger partial charge in [-0.1, -0.05) is 39.4 Å². The molecule has 0 spiro atoms. The van der Waals surface area contributed by atoms with Crippen LogP contribution in [0.3, 0.4) is 0 Å². The molecule has 5 heteroatoms. The molecule has 2 N–H and O–H groups in total. The van der Waals surface area contributed by atoms with Crippen LogP contribution in [0.1, 0.15) is 23.4 Å². The van der Waals surface area contributed by atoms with E-state index in [4.69, 9.17) is 5.73 Å². The van der Waals surface area contributed by atoms with Crippen LogP contribution in [-0.2, 0) is 12.8 Å². The average molecular weight is 312 g/mol. The number of aromatic nitrogens is 2. The maximum Gasteiger partial charge on any atom is 0.203 e. The number of unbranched alkanes of at least 4 members (excludes halogenated alkanes) is 1. The molecule has 3 nitrogen and oxygen atoms in total. The van der Waals surface area contributed by atoms with Crippen molar-refractivity contribution in [2.45, 2.75) is 25.7 Å². The molecule has 1 heterocycles. The lowest BCUT2D eigenvalue weighted by Crippen LogP contribution is -1.89. The zero-order chi connectivity index (χ0) is 12.1. The van der Waals surface area contributed by atoms with Gasteiger partial charge < -0.3 is 5.73 Å². The smallest absolute Gasteiger partial charge is 0.203 e. The molecule has 0 unspecified atom stereocenters. The standard InChI is InChI=1S/C12H14BrN3S/c13-10-7-5-9(6-8-10)3-1-2-4-11-15-16-12(14)17-11/h5-8H,1-4H2,(H2,14,16). The Bertz CT molecular complexity index is 467. The highest BCUT2D eigenvalue weighted by Crippen LogP contribution is 2.16. The number of nitrogens with zero attached hydrogens (tertiary/aromatic N) is 2. The number of rotatable bonds is 5. The van der Waals surface area contributed by atoms with E-state index < -0.39 is 0 Å². The third-order valence-corrected chi connectivity index (χ3v) is 3.84. The third-order valence-electron chi connectivity index (χ3n) is 2.50. The highest BCUT2D eigenvalue weighted by Gasteiger charge is 2.00. The van der Waals surface area contributed by atoms with Gasteiger partial charge in [-0.05, 0) is 37.0 Å². The molecule has 0 saturated carbocycles. The third kappa shape index (κ3) is 4.09. The van der Waals surface area contributed by atoms with Crippen LogP contribution in [-0.4, -0.2) is 10.2 Å². The Kier molecular flexibility index (Phi) is 4.50. The summed E-state index contributed by atoms with van der Waals surface area (Å²) >= 11 is 4.92. The van der Waals surface area contributed by atoms with E-state index in [-0.39, 0.29) is 0 Å². The quantitative estimate of drug-likeness (QED) is 0.860. The van der Waals surface area contributed by atoms with Gasteiger partial charge in [0.25, 0.3) is 0 Å². The topological polar surface area (TPSA) is 51.8 Å². The lowest BCUT2D eigenvalue weighted by atomic mass is 10.1. The number of nitrogen functional groups attached to an aromatic ring is 1. The molecule has 0 aliphatic heterocycles. The number of nitrogens with two attached hydrogens (primary N) is 1. The number of aryl methyl sites for hydroxylation is 2. The lowest BCUT2D eigenvalue weighted by Gasteiger charge is -2.00. The SMILES string of the molecule is Nc1nnc(CCCCc2ccc(Br)cc2)s1. The van der Waals surface area contributed by atoms with E-state index in [2.05, 4.69) is 50.4 Å². The van der Waals surface area contributed by atoms with Crippen molar-refractivity contribution in [1.82, 2.24) is 10.2 Å². The maximum absolute atomic E-state index is 5.53. The van der Waals surface area contributed by atoms with Crippen LogP contribution in [0.15, 0.2) is 28.7 Å². The first-order chi connectivity index (χ1) is 8.24. The fourth-order valence-corrected chi connectivity index (χ4v) is 2.54. The summed E-state index contributed by atoms with van der Waals surface area (Å²) in [4.78, 5) is 0. The Hall–Kier alpha value is -0.940. The molecule has 1 aromatic heterocycles. The Balaban J connectivity index is 1.71. The Morgan fingerprint density at radius 2 is 1.76 bits per heavy atom. The molecule has 0 atom stereocenters. The van der Waals surface area contributed by atoms with E-state index in [1.165, 1.54) is 23.3 Å². The molecule has 1 aromatic carbocycles. The van der Waals surface area contributed by atoms with Crippen molar-refractivity contribution in [2.75, 3.05) is 5.73 Å². The monoisotopic (exact) mass is 311 g/mol. The summed E-state index contributed by atoms with van der Waals surface area (Å²) in [6.07, 6.45) is 4.39. The van der Waals surface area contributed by atoms with Gasteiger partial charge in [-0.3, -0.25) is 0 Å². The van der Waals surface area contributed by atoms with Gasteiger partial charge in [0.05, 0.1) is 0 Å². The van der Waals surface area contributed by atoms with E-state index in [0.29, 0.717) is 5.13 Å². The molecule has 0 aliphatic carbocycles. The average Bonchev–Trinajstić information content (AvgIpc) is 2.73. The molecule has 0 saturated heterocycles. The van der Waals surface area contributed by atoms with Crippen molar-refractivity contribution in [1.29, 1.82) is 0 Å². The molecular formula is C12H14BrN3S. The van der Waals surface area contributed by atoms with Gasteiger partial charge in [-0.25, -0.2) is 0 Å². The van der Waals surface area contributed by atoms with Crippen LogP contribution in [0.2, 0.25) is 0 Å². The van der Waals surface area contributed by atoms with E-state index >= 15 is 0 Å². The number of hydrogen-bond donors (Lipinski definition) is 1. The molecule has 90 valence electrons. The molecule has 2 aromatic rings. The van der Waals surface area contributed by atoms with Crippen molar-refractivity contribution < 1.29 is 0 Å². The zero-order valence-electron chi connectivity index (χ0n) is 9.40. The number of halogens is 1. The van der Waals surface area contributed by atoms with E-state index in [0.717, 1.165) is 28.7 Å². The Morgan fingerprint density at radius 1 is 1.06 bits per heavy atom. The van der Waals surface area contributed by atoms with E-state index in [1.54, 1.807) is 0 Å². The summed E-state index contributed by atoms with van der Waals surface area (Å²) in [5, 5.41) is 9.42. The Labute approximate surface area is 113 Å². The van der Waals surface area contributed by atoms with Gasteiger partial charge in [0.1, 0.15) is 5.01 Å². The molecule has 0 bridgehead atoms. The maximum atomic E-state index is 5.53. The molecule has 0 amide bonds. The van der Waals surface area contributed by atoms with Gasteiger partial charge in [0, 0.05) is 10.9 Å². The molecule has 2 rings (SSSR count). The molecule has 0 fully saturated rings. The lowest BCUT2D eigenvalue weighted by molar-refractivity contribution is 0.726. The van der Waals surface area contributed by atoms with Crippen LogP contribution in [0.25, 0.3) is 0 Å². The minimum Gasteiger partial charge on any atom is -0.374 e. The second-order valence-electron chi connectivity index (χ2n) is 3.87. The van der Waals surface area contributed by atoms with Crippen LogP contribution < -0.4 is 5.73 Å². The predicted molar refractivity (Wildman–Crippen MR) is 75.1 cm³/mol. The van der Waals surface area contributed by atoms with Crippen LogP contribution in [0.5, 0.6) is 0 Å². The predicted octanol–water partition coefficient (Wildman–Crippen LogP) is 3.45.